The Hall–Kier alpha value is -1.90. The minimum Gasteiger partial charge on any atom is -0.505 e. The lowest BCUT2D eigenvalue weighted by atomic mass is 10.00. The van der Waals surface area contributed by atoms with Crippen molar-refractivity contribution in [1.82, 2.24) is 4.98 Å². The zero-order chi connectivity index (χ0) is 12.9. The van der Waals surface area contributed by atoms with Crippen LogP contribution in [0.3, 0.4) is 0 Å². The largest absolute Gasteiger partial charge is 0.505 e. The maximum atomic E-state index is 11.8. The molecule has 1 N–H and O–H groups in total. The Labute approximate surface area is 105 Å². The van der Waals surface area contributed by atoms with Gasteiger partial charge in [0.25, 0.3) is 0 Å². The molecule has 1 aliphatic carbocycles. The van der Waals surface area contributed by atoms with E-state index in [2.05, 4.69) is 4.98 Å². The van der Waals surface area contributed by atoms with Crippen LogP contribution in [0.1, 0.15) is 47.3 Å². The molecule has 1 aromatic heterocycles. The molecule has 0 radical (unpaired) electrons. The number of aromatic nitrogens is 1. The highest BCUT2D eigenvalue weighted by Gasteiger charge is 2.30. The number of aryl methyl sites for hydroxylation is 1. The molecule has 1 saturated carbocycles. The van der Waals surface area contributed by atoms with Crippen molar-refractivity contribution in [2.24, 2.45) is 0 Å². The Bertz CT molecular complexity index is 657. The minimum absolute atomic E-state index is 0.0862. The van der Waals surface area contributed by atoms with E-state index >= 15 is 0 Å². The van der Waals surface area contributed by atoms with Gasteiger partial charge in [-0.2, -0.15) is 0 Å². The predicted molar refractivity (Wildman–Crippen MR) is 70.1 cm³/mol. The maximum absolute atomic E-state index is 11.8. The molecule has 0 spiro atoms. The Morgan fingerprint density at radius 3 is 2.72 bits per heavy atom. The van der Waals surface area contributed by atoms with Crippen LogP contribution in [0.2, 0.25) is 0 Å². The van der Waals surface area contributed by atoms with Gasteiger partial charge in [0, 0.05) is 11.3 Å². The molecule has 1 heterocycles. The number of nitrogens with zero attached hydrogens (tertiary/aromatic N) is 1. The number of ketones is 1. The third kappa shape index (κ3) is 1.67. The Balaban J connectivity index is 2.39. The number of benzene rings is 1. The fourth-order valence-corrected chi connectivity index (χ4v) is 2.38. The first-order valence-electron chi connectivity index (χ1n) is 6.22. The monoisotopic (exact) mass is 241 g/mol. The van der Waals surface area contributed by atoms with Gasteiger partial charge in [0.05, 0.1) is 16.8 Å². The second-order valence-corrected chi connectivity index (χ2v) is 5.07. The van der Waals surface area contributed by atoms with Gasteiger partial charge < -0.3 is 5.11 Å². The first-order chi connectivity index (χ1) is 8.58. The molecule has 0 saturated heterocycles. The van der Waals surface area contributed by atoms with E-state index in [9.17, 15) is 9.90 Å². The zero-order valence-electron chi connectivity index (χ0n) is 10.5. The smallest absolute Gasteiger partial charge is 0.164 e. The summed E-state index contributed by atoms with van der Waals surface area (Å²) >= 11 is 0. The number of carbonyl (C=O) groups is 1. The van der Waals surface area contributed by atoms with Gasteiger partial charge in [-0.3, -0.25) is 4.79 Å². The molecule has 1 fully saturated rings. The number of hydrogen-bond acceptors (Lipinski definition) is 3. The molecule has 1 aliphatic rings. The summed E-state index contributed by atoms with van der Waals surface area (Å²) in [5.41, 5.74) is 2.97. The highest BCUT2D eigenvalue weighted by Crippen LogP contribution is 2.45. The number of fused-ring (bicyclic) bond motifs is 1. The summed E-state index contributed by atoms with van der Waals surface area (Å²) in [5.74, 6) is 0.310. The van der Waals surface area contributed by atoms with Gasteiger partial charge in [-0.05, 0) is 38.8 Å². The summed E-state index contributed by atoms with van der Waals surface area (Å²) in [6.45, 7) is 3.46. The van der Waals surface area contributed by atoms with Crippen LogP contribution in [0.4, 0.5) is 0 Å². The predicted octanol–water partition coefficient (Wildman–Crippen LogP) is 3.33. The summed E-state index contributed by atoms with van der Waals surface area (Å²) in [5, 5.41) is 11.0. The second kappa shape index (κ2) is 3.80. The minimum atomic E-state index is -0.104. The van der Waals surface area contributed by atoms with Crippen LogP contribution in [0.15, 0.2) is 18.2 Å². The van der Waals surface area contributed by atoms with Gasteiger partial charge in [0.15, 0.2) is 5.78 Å². The maximum Gasteiger partial charge on any atom is 0.164 e. The summed E-state index contributed by atoms with van der Waals surface area (Å²) in [6.07, 6.45) is 2.10. The summed E-state index contributed by atoms with van der Waals surface area (Å²) in [6, 6.07) is 5.81. The Morgan fingerprint density at radius 2 is 2.11 bits per heavy atom. The van der Waals surface area contributed by atoms with E-state index in [1.807, 2.05) is 25.1 Å². The lowest BCUT2D eigenvalue weighted by molar-refractivity contribution is 0.101. The van der Waals surface area contributed by atoms with Gasteiger partial charge >= 0.3 is 0 Å². The van der Waals surface area contributed by atoms with E-state index in [1.54, 1.807) is 0 Å². The lowest BCUT2D eigenvalue weighted by Crippen LogP contribution is -2.01. The summed E-state index contributed by atoms with van der Waals surface area (Å²) in [7, 11) is 0. The average molecular weight is 241 g/mol. The molecule has 92 valence electrons. The number of pyridine rings is 1. The van der Waals surface area contributed by atoms with Crippen molar-refractivity contribution in [3.8, 4) is 5.75 Å². The third-order valence-electron chi connectivity index (χ3n) is 3.46. The second-order valence-electron chi connectivity index (χ2n) is 5.07. The number of hydrogen-bond donors (Lipinski definition) is 1. The number of rotatable bonds is 2. The van der Waals surface area contributed by atoms with Crippen LogP contribution in [0.5, 0.6) is 5.75 Å². The van der Waals surface area contributed by atoms with Crippen LogP contribution in [-0.4, -0.2) is 15.9 Å². The molecule has 3 heteroatoms. The SMILES string of the molecule is CC(=O)c1c(O)c(C2CC2)nc2ccc(C)cc12. The van der Waals surface area contributed by atoms with Crippen LogP contribution in [0.25, 0.3) is 10.9 Å². The molecule has 0 aliphatic heterocycles. The standard InChI is InChI=1S/C15H15NO2/c1-8-3-6-12-11(7-8)13(9(2)17)15(18)14(16-12)10-4-5-10/h3,6-7,10,18H,4-5H2,1-2H3. The van der Waals surface area contributed by atoms with Crippen LogP contribution in [0, 0.1) is 6.92 Å². The molecular weight excluding hydrogens is 226 g/mol. The van der Waals surface area contributed by atoms with E-state index in [0.29, 0.717) is 17.2 Å². The van der Waals surface area contributed by atoms with Gasteiger partial charge in [0.1, 0.15) is 5.75 Å². The first kappa shape index (κ1) is 11.2. The molecular formula is C15H15NO2. The highest BCUT2D eigenvalue weighted by atomic mass is 16.3. The number of aromatic hydroxyl groups is 1. The van der Waals surface area contributed by atoms with E-state index < -0.39 is 0 Å². The molecule has 0 bridgehead atoms. The van der Waals surface area contributed by atoms with Crippen molar-refractivity contribution >= 4 is 16.7 Å². The van der Waals surface area contributed by atoms with Gasteiger partial charge in [-0.15, -0.1) is 0 Å². The third-order valence-corrected chi connectivity index (χ3v) is 3.46. The van der Waals surface area contributed by atoms with Crippen molar-refractivity contribution in [3.05, 3.63) is 35.0 Å². The molecule has 0 unspecified atom stereocenters. The lowest BCUT2D eigenvalue weighted by Gasteiger charge is -2.11. The molecule has 0 amide bonds. The van der Waals surface area contributed by atoms with Crippen molar-refractivity contribution in [1.29, 1.82) is 0 Å². The van der Waals surface area contributed by atoms with E-state index in [-0.39, 0.29) is 11.5 Å². The van der Waals surface area contributed by atoms with Crippen molar-refractivity contribution in [3.63, 3.8) is 0 Å². The van der Waals surface area contributed by atoms with Gasteiger partial charge in [0.2, 0.25) is 0 Å². The highest BCUT2D eigenvalue weighted by molar-refractivity contribution is 6.09. The van der Waals surface area contributed by atoms with Crippen molar-refractivity contribution in [2.75, 3.05) is 0 Å². The molecule has 0 atom stereocenters. The summed E-state index contributed by atoms with van der Waals surface area (Å²) in [4.78, 5) is 16.3. The van der Waals surface area contributed by atoms with Crippen LogP contribution in [-0.2, 0) is 0 Å². The molecule has 1 aromatic carbocycles. The van der Waals surface area contributed by atoms with Crippen molar-refractivity contribution in [2.45, 2.75) is 32.6 Å². The Kier molecular flexibility index (Phi) is 2.37. The molecule has 2 aromatic rings. The van der Waals surface area contributed by atoms with Crippen LogP contribution < -0.4 is 0 Å². The summed E-state index contributed by atoms with van der Waals surface area (Å²) < 4.78 is 0. The zero-order valence-corrected chi connectivity index (χ0v) is 10.5. The van der Waals surface area contributed by atoms with Crippen LogP contribution >= 0.6 is 0 Å². The first-order valence-corrected chi connectivity index (χ1v) is 6.22. The number of Topliss-reactive ketones (excluding diaryl/α,β-unsaturated/α-hetero) is 1. The van der Waals surface area contributed by atoms with Gasteiger partial charge in [-0.1, -0.05) is 11.6 Å². The number of carbonyl (C=O) groups excluding carboxylic acids is 1. The quantitative estimate of drug-likeness (QED) is 0.820. The van der Waals surface area contributed by atoms with E-state index in [4.69, 9.17) is 0 Å². The fraction of sp³-hybridized carbons (Fsp3) is 0.333. The van der Waals surface area contributed by atoms with Gasteiger partial charge in [-0.25, -0.2) is 4.98 Å². The topological polar surface area (TPSA) is 50.2 Å². The van der Waals surface area contributed by atoms with E-state index in [1.165, 1.54) is 6.92 Å². The normalized spacial score (nSPS) is 15.0. The van der Waals surface area contributed by atoms with E-state index in [0.717, 1.165) is 29.3 Å². The average Bonchev–Trinajstić information content (AvgIpc) is 3.11. The fourth-order valence-electron chi connectivity index (χ4n) is 2.38. The molecule has 3 nitrogen and oxygen atoms in total. The van der Waals surface area contributed by atoms with Crippen molar-refractivity contribution < 1.29 is 9.90 Å². The molecule has 18 heavy (non-hydrogen) atoms. The Morgan fingerprint density at radius 1 is 1.39 bits per heavy atom. The molecule has 3 rings (SSSR count).